The summed E-state index contributed by atoms with van der Waals surface area (Å²) in [6, 6.07) is 0. The molecule has 0 aliphatic carbocycles. The number of aromatic nitrogens is 4. The first-order chi connectivity index (χ1) is 20.1. The molecule has 3 aromatic rings. The molecule has 0 unspecified atom stereocenters. The lowest BCUT2D eigenvalue weighted by Crippen LogP contribution is -2.46. The third-order valence-corrected chi connectivity index (χ3v) is 8.17. The van der Waals surface area contributed by atoms with Crippen molar-refractivity contribution in [1.82, 2.24) is 30.5 Å². The maximum atomic E-state index is 13.9. The van der Waals surface area contributed by atoms with Gasteiger partial charge in [0.1, 0.15) is 17.9 Å². The van der Waals surface area contributed by atoms with Crippen molar-refractivity contribution >= 4 is 46.8 Å². The minimum absolute atomic E-state index is 0.0793. The Morgan fingerprint density at radius 2 is 1.98 bits per heavy atom. The summed E-state index contributed by atoms with van der Waals surface area (Å²) in [6.45, 7) is 12.9. The quantitative estimate of drug-likeness (QED) is 0.227. The van der Waals surface area contributed by atoms with Crippen LogP contribution in [-0.4, -0.2) is 78.0 Å². The zero-order valence-corrected chi connectivity index (χ0v) is 25.3. The first kappa shape index (κ1) is 29.5. The number of piperazine rings is 1. The Labute approximate surface area is 249 Å². The van der Waals surface area contributed by atoms with Crippen molar-refractivity contribution in [2.45, 2.75) is 34.2 Å². The number of carbonyl (C=O) groups is 2. The number of aryl methyl sites for hydroxylation is 2. The topological polar surface area (TPSA) is 156 Å². The average molecular weight is 595 g/mol. The molecule has 0 aromatic carbocycles. The molecule has 12 nitrogen and oxygen atoms in total. The first-order valence-electron chi connectivity index (χ1n) is 13.9. The van der Waals surface area contributed by atoms with E-state index in [-0.39, 0.29) is 29.5 Å². The van der Waals surface area contributed by atoms with Crippen molar-refractivity contribution in [3.63, 3.8) is 0 Å². The van der Waals surface area contributed by atoms with Gasteiger partial charge in [-0.15, -0.1) is 0 Å². The van der Waals surface area contributed by atoms with E-state index in [1.807, 2.05) is 27.7 Å². The fourth-order valence-corrected chi connectivity index (χ4v) is 5.97. The summed E-state index contributed by atoms with van der Waals surface area (Å²) < 4.78 is 5.56. The molecule has 5 heterocycles. The molecule has 5 rings (SSSR count). The molecule has 0 saturated carbocycles. The number of hydrogen-bond donors (Lipinski definition) is 4. The highest BCUT2D eigenvalue weighted by molar-refractivity contribution is 6.41. The highest BCUT2D eigenvalue weighted by atomic mass is 35.5. The number of amides is 2. The van der Waals surface area contributed by atoms with Crippen LogP contribution in [0.25, 0.3) is 11.6 Å². The average Bonchev–Trinajstić information content (AvgIpc) is 3.38. The molecule has 2 amide bonds. The van der Waals surface area contributed by atoms with Gasteiger partial charge in [-0.2, -0.15) is 0 Å². The molecule has 6 N–H and O–H groups in total. The second-order valence-corrected chi connectivity index (χ2v) is 11.0. The molecule has 222 valence electrons. The van der Waals surface area contributed by atoms with E-state index < -0.39 is 0 Å². The molecule has 42 heavy (non-hydrogen) atoms. The van der Waals surface area contributed by atoms with Crippen LogP contribution in [-0.2, 0) is 11.3 Å². The number of ether oxygens (including phenoxy) is 1. The number of nitrogen functional groups attached to an aromatic ring is 1. The van der Waals surface area contributed by atoms with Gasteiger partial charge in [-0.05, 0) is 50.9 Å². The number of hydrogen-bond acceptors (Lipinski definition) is 8. The lowest BCUT2D eigenvalue weighted by molar-refractivity contribution is -0.349. The lowest BCUT2D eigenvalue weighted by Gasteiger charge is -2.27. The van der Waals surface area contributed by atoms with Crippen molar-refractivity contribution in [3.8, 4) is 5.75 Å². The van der Waals surface area contributed by atoms with Crippen LogP contribution >= 0.6 is 11.6 Å². The van der Waals surface area contributed by atoms with Gasteiger partial charge in [0.2, 0.25) is 11.0 Å². The standard InChI is InChI=1S/C29H36ClN9O3/c1-15-13-34-21(17(3)24(15)42-5)14-39-26-23(25(30)36-29(31)37-26)19(28(39)41)12-20-16(2)22(18(4)35-20)27(40)33-8-11-38-9-6-32-7-10-38/h12-13,32,35H,6-11,14H2,1-5H3,(H,33,40)(H2,31,36,37)/p+1/b19-12-. The third kappa shape index (κ3) is 5.57. The summed E-state index contributed by atoms with van der Waals surface area (Å²) in [7, 11) is 1.61. The Kier molecular flexibility index (Phi) is 8.48. The lowest BCUT2D eigenvalue weighted by atomic mass is 10.1. The zero-order chi connectivity index (χ0) is 30.1. The van der Waals surface area contributed by atoms with Crippen LogP contribution in [0.4, 0.5) is 11.8 Å². The number of H-pyrrole nitrogens is 2. The van der Waals surface area contributed by atoms with E-state index in [1.165, 1.54) is 0 Å². The minimum atomic E-state index is -0.301. The van der Waals surface area contributed by atoms with Crippen LogP contribution in [0.3, 0.4) is 0 Å². The van der Waals surface area contributed by atoms with Gasteiger partial charge in [0.25, 0.3) is 5.91 Å². The van der Waals surface area contributed by atoms with E-state index in [0.29, 0.717) is 46.1 Å². The van der Waals surface area contributed by atoms with Crippen LogP contribution < -0.4 is 31.0 Å². The molecular weight excluding hydrogens is 558 g/mol. The molecule has 0 bridgehead atoms. The molecule has 2 aliphatic heterocycles. The number of carbonyl (C=O) groups excluding carboxylic acids is 2. The second-order valence-electron chi connectivity index (χ2n) is 10.6. The number of halogens is 1. The highest BCUT2D eigenvalue weighted by Gasteiger charge is 2.41. The largest absolute Gasteiger partial charge is 0.496 e. The molecule has 1 fully saturated rings. The molecule has 0 spiro atoms. The summed E-state index contributed by atoms with van der Waals surface area (Å²) in [5, 5.41) is 6.47. The SMILES string of the molecule is COc1c(C)cnc(CN2C(=O)/C(=C\c3[nH]c(C)c(C(=O)NCCN4CCNCC4)c3C)c3c(Cl)nc(N)[nH+]c32)c1C. The van der Waals surface area contributed by atoms with Crippen LogP contribution in [0.15, 0.2) is 6.20 Å². The van der Waals surface area contributed by atoms with Crippen LogP contribution in [0.2, 0.25) is 5.15 Å². The van der Waals surface area contributed by atoms with Gasteiger partial charge >= 0.3 is 11.9 Å². The van der Waals surface area contributed by atoms with Gasteiger partial charge in [0.15, 0.2) is 0 Å². The summed E-state index contributed by atoms with van der Waals surface area (Å²) in [4.78, 5) is 46.0. The van der Waals surface area contributed by atoms with Crippen molar-refractivity contribution < 1.29 is 19.3 Å². The molecule has 3 aromatic heterocycles. The Morgan fingerprint density at radius 3 is 2.69 bits per heavy atom. The monoisotopic (exact) mass is 594 g/mol. The number of aromatic amines is 2. The van der Waals surface area contributed by atoms with Gasteiger partial charge in [0, 0.05) is 68.0 Å². The number of fused-ring (bicyclic) bond motifs is 1. The highest BCUT2D eigenvalue weighted by Crippen LogP contribution is 2.40. The normalized spacial score (nSPS) is 16.3. The van der Waals surface area contributed by atoms with Crippen molar-refractivity contribution in [2.75, 3.05) is 57.0 Å². The van der Waals surface area contributed by atoms with Gasteiger partial charge in [-0.1, -0.05) is 4.98 Å². The van der Waals surface area contributed by atoms with Crippen molar-refractivity contribution in [1.29, 1.82) is 0 Å². The van der Waals surface area contributed by atoms with Gasteiger partial charge in [-0.3, -0.25) is 19.5 Å². The predicted molar refractivity (Wildman–Crippen MR) is 161 cm³/mol. The van der Waals surface area contributed by atoms with E-state index in [0.717, 1.165) is 55.2 Å². The minimum Gasteiger partial charge on any atom is -0.496 e. The number of pyridine rings is 1. The Bertz CT molecular complexity index is 1580. The molecular formula is C29H37ClN9O3+. The number of nitrogens with one attached hydrogen (secondary N) is 4. The predicted octanol–water partition coefficient (Wildman–Crippen LogP) is 1.82. The number of methoxy groups -OCH3 is 1. The Balaban J connectivity index is 1.45. The fourth-order valence-electron chi connectivity index (χ4n) is 5.69. The number of nitrogens with two attached hydrogens (primary N) is 1. The molecule has 0 radical (unpaired) electrons. The van der Waals surface area contributed by atoms with Gasteiger partial charge < -0.3 is 26.1 Å². The third-order valence-electron chi connectivity index (χ3n) is 7.90. The van der Waals surface area contributed by atoms with Crippen LogP contribution in [0.5, 0.6) is 5.75 Å². The molecule has 1 saturated heterocycles. The second kappa shape index (κ2) is 12.1. The van der Waals surface area contributed by atoms with E-state index in [4.69, 9.17) is 22.1 Å². The molecule has 0 atom stereocenters. The van der Waals surface area contributed by atoms with Crippen molar-refractivity contribution in [2.24, 2.45) is 0 Å². The summed E-state index contributed by atoms with van der Waals surface area (Å²) >= 11 is 6.57. The maximum absolute atomic E-state index is 13.9. The number of nitrogens with zero attached hydrogens (tertiary/aromatic N) is 4. The van der Waals surface area contributed by atoms with Gasteiger partial charge in [-0.25, -0.2) is 9.88 Å². The van der Waals surface area contributed by atoms with Crippen LogP contribution in [0, 0.1) is 27.7 Å². The van der Waals surface area contributed by atoms with E-state index >= 15 is 0 Å². The first-order valence-corrected chi connectivity index (χ1v) is 14.3. The molecule has 13 heteroatoms. The van der Waals surface area contributed by atoms with E-state index in [1.54, 1.807) is 24.3 Å². The fraction of sp³-hybridized carbons (Fsp3) is 0.414. The number of rotatable bonds is 8. The van der Waals surface area contributed by atoms with Gasteiger partial charge in [0.05, 0.1) is 23.9 Å². The van der Waals surface area contributed by atoms with E-state index in [2.05, 4.69) is 35.5 Å². The number of anilines is 2. The van der Waals surface area contributed by atoms with E-state index in [9.17, 15) is 9.59 Å². The summed E-state index contributed by atoms with van der Waals surface area (Å²) in [5.74, 6) is 0.767. The Hall–Kier alpha value is -4.00. The summed E-state index contributed by atoms with van der Waals surface area (Å²) in [6.07, 6.45) is 3.44. The molecule has 2 aliphatic rings. The van der Waals surface area contributed by atoms with Crippen LogP contribution in [0.1, 0.15) is 49.7 Å². The Morgan fingerprint density at radius 1 is 1.24 bits per heavy atom. The maximum Gasteiger partial charge on any atom is 0.343 e. The smallest absolute Gasteiger partial charge is 0.343 e. The van der Waals surface area contributed by atoms with Crippen molar-refractivity contribution in [3.05, 3.63) is 56.2 Å². The zero-order valence-electron chi connectivity index (χ0n) is 24.6. The summed E-state index contributed by atoms with van der Waals surface area (Å²) in [5.41, 5.74) is 11.8.